The average molecular weight is 281 g/mol. The Hall–Kier alpha value is -1.09. The zero-order valence-electron chi connectivity index (χ0n) is 11.3. The van der Waals surface area contributed by atoms with E-state index in [0.717, 1.165) is 17.9 Å². The smallest absolute Gasteiger partial charge is 0.151 e. The number of imidazole rings is 1. The Morgan fingerprint density at radius 1 is 1.42 bits per heavy atom. The molecule has 2 nitrogen and oxygen atoms in total. The molecule has 1 heterocycles. The van der Waals surface area contributed by atoms with Crippen LogP contribution in [-0.2, 0) is 12.4 Å². The Morgan fingerprint density at radius 2 is 2.16 bits per heavy atom. The van der Waals surface area contributed by atoms with E-state index >= 15 is 0 Å². The summed E-state index contributed by atoms with van der Waals surface area (Å²) in [5.41, 5.74) is 1.65. The molecule has 0 aliphatic heterocycles. The van der Waals surface area contributed by atoms with E-state index in [0.29, 0.717) is 22.7 Å². The molecule has 3 rings (SSSR count). The number of hydrogen-bond acceptors (Lipinski definition) is 1. The summed E-state index contributed by atoms with van der Waals surface area (Å²) in [4.78, 5) is 4.36. The number of hydrogen-bond donors (Lipinski definition) is 0. The summed E-state index contributed by atoms with van der Waals surface area (Å²) >= 11 is 5.98. The van der Waals surface area contributed by atoms with Crippen LogP contribution < -0.4 is 0 Å². The molecule has 0 unspecified atom stereocenters. The maximum atomic E-state index is 13.8. The number of rotatable bonds is 4. The summed E-state index contributed by atoms with van der Waals surface area (Å²) < 4.78 is 15.9. The van der Waals surface area contributed by atoms with Crippen LogP contribution in [0.2, 0.25) is 0 Å². The second-order valence-corrected chi connectivity index (χ2v) is 6.14. The third-order valence-corrected chi connectivity index (χ3v) is 4.76. The monoisotopic (exact) mass is 280 g/mol. The van der Waals surface area contributed by atoms with Crippen molar-refractivity contribution in [2.75, 3.05) is 0 Å². The highest BCUT2D eigenvalue weighted by molar-refractivity contribution is 6.16. The second-order valence-electron chi connectivity index (χ2n) is 5.87. The fraction of sp³-hybridized carbons (Fsp3) is 0.533. The Labute approximate surface area is 117 Å². The van der Waals surface area contributed by atoms with Gasteiger partial charge in [-0.25, -0.2) is 9.37 Å². The maximum absolute atomic E-state index is 13.8. The van der Waals surface area contributed by atoms with Crippen LogP contribution in [0.5, 0.6) is 0 Å². The lowest BCUT2D eigenvalue weighted by molar-refractivity contribution is 0.309. The lowest BCUT2D eigenvalue weighted by Gasteiger charge is -2.21. The van der Waals surface area contributed by atoms with E-state index in [1.54, 1.807) is 6.07 Å². The minimum atomic E-state index is -0.267. The van der Waals surface area contributed by atoms with Crippen molar-refractivity contribution in [3.63, 3.8) is 0 Å². The standard InChI is InChI=1S/C15H18ClFN2/c1-10(2)15(6-7-15)9-19-12-5-3-4-11(17)14(12)18-13(19)8-16/h3-5,10H,6-9H2,1-2H3. The molecule has 2 aromatic rings. The number of para-hydroxylation sites is 1. The topological polar surface area (TPSA) is 17.8 Å². The SMILES string of the molecule is CC(C)C1(Cn2c(CCl)nc3c(F)cccc32)CC1. The molecular weight excluding hydrogens is 263 g/mol. The van der Waals surface area contributed by atoms with Crippen LogP contribution in [-0.4, -0.2) is 9.55 Å². The zero-order chi connectivity index (χ0) is 13.6. The highest BCUT2D eigenvalue weighted by Crippen LogP contribution is 2.53. The number of fused-ring (bicyclic) bond motifs is 1. The van der Waals surface area contributed by atoms with E-state index in [9.17, 15) is 4.39 Å². The van der Waals surface area contributed by atoms with Crippen LogP contribution in [0.4, 0.5) is 4.39 Å². The second kappa shape index (κ2) is 4.48. The number of benzene rings is 1. The van der Waals surface area contributed by atoms with Crippen molar-refractivity contribution in [2.45, 2.75) is 39.1 Å². The van der Waals surface area contributed by atoms with Crippen LogP contribution in [0.3, 0.4) is 0 Å². The van der Waals surface area contributed by atoms with Gasteiger partial charge in [0.1, 0.15) is 11.3 Å². The van der Waals surface area contributed by atoms with Gasteiger partial charge in [0.2, 0.25) is 0 Å². The summed E-state index contributed by atoms with van der Waals surface area (Å²) in [5, 5.41) is 0. The molecule has 1 aliphatic carbocycles. The van der Waals surface area contributed by atoms with Crippen LogP contribution in [0.15, 0.2) is 18.2 Å². The minimum absolute atomic E-state index is 0.267. The maximum Gasteiger partial charge on any atom is 0.151 e. The van der Waals surface area contributed by atoms with Gasteiger partial charge in [-0.2, -0.15) is 0 Å². The summed E-state index contributed by atoms with van der Waals surface area (Å²) in [5.74, 6) is 1.45. The van der Waals surface area contributed by atoms with Crippen LogP contribution in [0.25, 0.3) is 11.0 Å². The molecule has 0 bridgehead atoms. The predicted molar refractivity (Wildman–Crippen MR) is 75.8 cm³/mol. The number of aromatic nitrogens is 2. The van der Waals surface area contributed by atoms with Gasteiger partial charge in [0, 0.05) is 6.54 Å². The summed E-state index contributed by atoms with van der Waals surface area (Å²) in [6.07, 6.45) is 2.47. The van der Waals surface area contributed by atoms with Crippen LogP contribution >= 0.6 is 11.6 Å². The van der Waals surface area contributed by atoms with Gasteiger partial charge >= 0.3 is 0 Å². The first kappa shape index (κ1) is 12.9. The molecule has 1 aromatic heterocycles. The number of nitrogens with zero attached hydrogens (tertiary/aromatic N) is 2. The van der Waals surface area contributed by atoms with E-state index < -0.39 is 0 Å². The van der Waals surface area contributed by atoms with E-state index in [4.69, 9.17) is 11.6 Å². The average Bonchev–Trinajstić information content (AvgIpc) is 3.08. The van der Waals surface area contributed by atoms with Gasteiger partial charge in [0.25, 0.3) is 0 Å². The van der Waals surface area contributed by atoms with Gasteiger partial charge in [-0.15, -0.1) is 11.6 Å². The van der Waals surface area contributed by atoms with Crippen molar-refractivity contribution in [3.05, 3.63) is 29.8 Å². The quantitative estimate of drug-likeness (QED) is 0.761. The van der Waals surface area contributed by atoms with Crippen LogP contribution in [0.1, 0.15) is 32.5 Å². The van der Waals surface area contributed by atoms with Crippen molar-refractivity contribution in [1.29, 1.82) is 0 Å². The van der Waals surface area contributed by atoms with E-state index in [1.807, 2.05) is 6.07 Å². The third-order valence-electron chi connectivity index (χ3n) is 4.52. The van der Waals surface area contributed by atoms with Gasteiger partial charge in [0.15, 0.2) is 5.82 Å². The van der Waals surface area contributed by atoms with Crippen molar-refractivity contribution >= 4 is 22.6 Å². The molecule has 1 fully saturated rings. The third kappa shape index (κ3) is 2.04. The minimum Gasteiger partial charge on any atom is -0.326 e. The molecule has 0 saturated heterocycles. The van der Waals surface area contributed by atoms with E-state index in [-0.39, 0.29) is 5.82 Å². The Kier molecular flexibility index (Phi) is 3.05. The number of alkyl halides is 1. The summed E-state index contributed by atoms with van der Waals surface area (Å²) in [6, 6.07) is 5.12. The lowest BCUT2D eigenvalue weighted by Crippen LogP contribution is -2.19. The molecule has 1 aliphatic rings. The van der Waals surface area contributed by atoms with Crippen molar-refractivity contribution in [3.8, 4) is 0 Å². The molecule has 0 amide bonds. The molecule has 19 heavy (non-hydrogen) atoms. The highest BCUT2D eigenvalue weighted by atomic mass is 35.5. The van der Waals surface area contributed by atoms with Gasteiger partial charge < -0.3 is 4.57 Å². The van der Waals surface area contributed by atoms with E-state index in [1.165, 1.54) is 18.9 Å². The molecule has 1 aromatic carbocycles. The van der Waals surface area contributed by atoms with Crippen LogP contribution in [0, 0.1) is 17.2 Å². The molecular formula is C15H18ClFN2. The molecule has 4 heteroatoms. The van der Waals surface area contributed by atoms with Crippen molar-refractivity contribution in [1.82, 2.24) is 9.55 Å². The molecule has 0 spiro atoms. The fourth-order valence-electron chi connectivity index (χ4n) is 2.83. The molecule has 0 atom stereocenters. The number of halogens is 2. The fourth-order valence-corrected chi connectivity index (χ4v) is 3.04. The van der Waals surface area contributed by atoms with Gasteiger partial charge in [-0.1, -0.05) is 19.9 Å². The first-order valence-corrected chi connectivity index (χ1v) is 7.30. The predicted octanol–water partition coefficient (Wildman–Crippen LogP) is 4.35. The first-order chi connectivity index (χ1) is 9.07. The molecule has 0 N–H and O–H groups in total. The molecule has 0 radical (unpaired) electrons. The highest BCUT2D eigenvalue weighted by Gasteiger charge is 2.46. The molecule has 102 valence electrons. The van der Waals surface area contributed by atoms with Gasteiger partial charge in [0.05, 0.1) is 11.4 Å². The van der Waals surface area contributed by atoms with Gasteiger partial charge in [-0.3, -0.25) is 0 Å². The summed E-state index contributed by atoms with van der Waals surface area (Å²) in [6.45, 7) is 5.41. The Morgan fingerprint density at radius 3 is 2.74 bits per heavy atom. The van der Waals surface area contributed by atoms with Crippen molar-refractivity contribution < 1.29 is 4.39 Å². The first-order valence-electron chi connectivity index (χ1n) is 6.77. The zero-order valence-corrected chi connectivity index (χ0v) is 12.0. The Bertz CT molecular complexity index is 614. The molecule has 1 saturated carbocycles. The van der Waals surface area contributed by atoms with Crippen molar-refractivity contribution in [2.24, 2.45) is 11.3 Å². The summed E-state index contributed by atoms with van der Waals surface area (Å²) in [7, 11) is 0. The lowest BCUT2D eigenvalue weighted by atomic mass is 9.92. The Balaban J connectivity index is 2.09. The van der Waals surface area contributed by atoms with Gasteiger partial charge in [-0.05, 0) is 36.3 Å². The normalized spacial score (nSPS) is 17.3. The van der Waals surface area contributed by atoms with E-state index in [2.05, 4.69) is 23.4 Å². The largest absolute Gasteiger partial charge is 0.326 e.